The van der Waals surface area contributed by atoms with Crippen LogP contribution in [-0.2, 0) is 9.59 Å². The van der Waals surface area contributed by atoms with Crippen molar-refractivity contribution in [1.29, 1.82) is 0 Å². The van der Waals surface area contributed by atoms with Gasteiger partial charge in [-0.3, -0.25) is 9.59 Å². The second-order valence-corrected chi connectivity index (χ2v) is 6.57. The molecule has 2 rings (SSSR count). The van der Waals surface area contributed by atoms with Gasteiger partial charge in [0.25, 0.3) is 0 Å². The van der Waals surface area contributed by atoms with Gasteiger partial charge in [0, 0.05) is 17.8 Å². The molecule has 1 aromatic rings. The molecule has 0 aliphatic carbocycles. The van der Waals surface area contributed by atoms with Gasteiger partial charge in [0.2, 0.25) is 11.8 Å². The van der Waals surface area contributed by atoms with Gasteiger partial charge in [-0.1, -0.05) is 25.1 Å². The van der Waals surface area contributed by atoms with Crippen molar-refractivity contribution in [3.63, 3.8) is 0 Å². The van der Waals surface area contributed by atoms with Crippen molar-refractivity contribution in [1.82, 2.24) is 5.32 Å². The number of rotatable bonds is 4. The maximum Gasteiger partial charge on any atom is 0.242 e. The minimum absolute atomic E-state index is 0.113. The lowest BCUT2D eigenvalue weighted by Crippen LogP contribution is -2.52. The van der Waals surface area contributed by atoms with Crippen molar-refractivity contribution in [2.24, 2.45) is 5.41 Å². The summed E-state index contributed by atoms with van der Waals surface area (Å²) in [5.41, 5.74) is -0.406. The van der Waals surface area contributed by atoms with E-state index in [-0.39, 0.29) is 17.4 Å². The van der Waals surface area contributed by atoms with Crippen molar-refractivity contribution in [3.05, 3.63) is 30.3 Å². The molecule has 1 unspecified atom stereocenters. The highest BCUT2D eigenvalue weighted by molar-refractivity contribution is 6.13. The maximum atomic E-state index is 12.7. The molecule has 4 heteroatoms. The van der Waals surface area contributed by atoms with E-state index in [4.69, 9.17) is 0 Å². The first-order valence-corrected chi connectivity index (χ1v) is 7.50. The Balaban J connectivity index is 2.18. The monoisotopic (exact) mass is 288 g/mol. The fourth-order valence-electron chi connectivity index (χ4n) is 2.44. The van der Waals surface area contributed by atoms with Gasteiger partial charge in [-0.25, -0.2) is 0 Å². The molecule has 1 fully saturated rings. The molecule has 1 N–H and O–H groups in total. The van der Waals surface area contributed by atoms with E-state index in [1.54, 1.807) is 11.8 Å². The molecule has 0 radical (unpaired) electrons. The van der Waals surface area contributed by atoms with E-state index in [0.717, 1.165) is 12.1 Å². The van der Waals surface area contributed by atoms with E-state index in [0.29, 0.717) is 13.0 Å². The molecule has 0 saturated carbocycles. The Hall–Kier alpha value is -1.84. The molecule has 1 atom stereocenters. The van der Waals surface area contributed by atoms with Crippen LogP contribution in [0.3, 0.4) is 0 Å². The van der Waals surface area contributed by atoms with Crippen molar-refractivity contribution >= 4 is 17.5 Å². The molecule has 0 aromatic heterocycles. The number of anilines is 1. The van der Waals surface area contributed by atoms with Crippen LogP contribution in [0.5, 0.6) is 0 Å². The lowest BCUT2D eigenvalue weighted by molar-refractivity contribution is -0.139. The summed E-state index contributed by atoms with van der Waals surface area (Å²) in [5.74, 6) is -0.282. The van der Waals surface area contributed by atoms with Crippen LogP contribution in [0, 0.1) is 5.41 Å². The van der Waals surface area contributed by atoms with Gasteiger partial charge >= 0.3 is 0 Å². The second kappa shape index (κ2) is 5.51. The van der Waals surface area contributed by atoms with Crippen molar-refractivity contribution < 1.29 is 9.59 Å². The van der Waals surface area contributed by atoms with Gasteiger partial charge in [-0.2, -0.15) is 0 Å². The highest BCUT2D eigenvalue weighted by Crippen LogP contribution is 2.35. The van der Waals surface area contributed by atoms with Gasteiger partial charge in [-0.15, -0.1) is 0 Å². The third kappa shape index (κ3) is 2.94. The molecule has 1 aliphatic rings. The third-order valence-electron chi connectivity index (χ3n) is 4.46. The smallest absolute Gasteiger partial charge is 0.242 e. The minimum atomic E-state index is -0.970. The second-order valence-electron chi connectivity index (χ2n) is 6.57. The summed E-state index contributed by atoms with van der Waals surface area (Å²) in [6.07, 6.45) is 1.37. The highest BCUT2D eigenvalue weighted by Gasteiger charge is 2.49. The number of carbonyl (C=O) groups excluding carboxylic acids is 2. The zero-order chi connectivity index (χ0) is 15.7. The summed E-state index contributed by atoms with van der Waals surface area (Å²) in [6, 6.07) is 9.52. The first-order chi connectivity index (χ1) is 9.80. The number of para-hydroxylation sites is 1. The Morgan fingerprint density at radius 1 is 1.33 bits per heavy atom. The summed E-state index contributed by atoms with van der Waals surface area (Å²) in [7, 11) is 0. The molecule has 114 valence electrons. The van der Waals surface area contributed by atoms with Crippen LogP contribution in [0.1, 0.15) is 40.5 Å². The van der Waals surface area contributed by atoms with Crippen molar-refractivity contribution in [2.45, 2.75) is 46.1 Å². The number of nitrogens with zero attached hydrogens (tertiary/aromatic N) is 1. The quantitative estimate of drug-likeness (QED) is 0.866. The fraction of sp³-hybridized carbons (Fsp3) is 0.529. The summed E-state index contributed by atoms with van der Waals surface area (Å²) in [5, 5.41) is 3.00. The first-order valence-electron chi connectivity index (χ1n) is 7.50. The summed E-state index contributed by atoms with van der Waals surface area (Å²) < 4.78 is 0. The largest absolute Gasteiger partial charge is 0.350 e. The summed E-state index contributed by atoms with van der Waals surface area (Å²) in [4.78, 5) is 27.0. The number of amides is 2. The highest BCUT2D eigenvalue weighted by atomic mass is 16.2. The molecule has 21 heavy (non-hydrogen) atoms. The lowest BCUT2D eigenvalue weighted by atomic mass is 9.86. The van der Waals surface area contributed by atoms with Crippen LogP contribution < -0.4 is 10.2 Å². The standard InChI is InChI=1S/C17H24N2O2/c1-5-16(2,3)18-14(20)17(4)11-12-19(15(17)21)13-9-7-6-8-10-13/h6-10H,5,11-12H2,1-4H3,(H,18,20). The molecule has 1 saturated heterocycles. The molecule has 1 aliphatic heterocycles. The Labute approximate surface area is 126 Å². The first kappa shape index (κ1) is 15.5. The van der Waals surface area contributed by atoms with Crippen LogP contribution in [0.25, 0.3) is 0 Å². The van der Waals surface area contributed by atoms with E-state index in [1.807, 2.05) is 51.1 Å². The van der Waals surface area contributed by atoms with E-state index in [9.17, 15) is 9.59 Å². The van der Waals surface area contributed by atoms with Crippen LogP contribution in [0.4, 0.5) is 5.69 Å². The molecule has 0 spiro atoms. The Morgan fingerprint density at radius 3 is 2.52 bits per heavy atom. The van der Waals surface area contributed by atoms with Crippen LogP contribution in [-0.4, -0.2) is 23.9 Å². The number of hydrogen-bond acceptors (Lipinski definition) is 2. The topological polar surface area (TPSA) is 49.4 Å². The molecule has 2 amide bonds. The molecular formula is C17H24N2O2. The summed E-state index contributed by atoms with van der Waals surface area (Å²) in [6.45, 7) is 8.30. The van der Waals surface area contributed by atoms with E-state index >= 15 is 0 Å². The van der Waals surface area contributed by atoms with Crippen molar-refractivity contribution in [3.8, 4) is 0 Å². The maximum absolute atomic E-state index is 12.7. The number of benzene rings is 1. The third-order valence-corrected chi connectivity index (χ3v) is 4.46. The number of carbonyl (C=O) groups is 2. The number of nitrogens with one attached hydrogen (secondary N) is 1. The zero-order valence-corrected chi connectivity index (χ0v) is 13.3. The van der Waals surface area contributed by atoms with Crippen LogP contribution >= 0.6 is 0 Å². The van der Waals surface area contributed by atoms with Crippen LogP contribution in [0.15, 0.2) is 30.3 Å². The predicted molar refractivity (Wildman–Crippen MR) is 84.0 cm³/mol. The summed E-state index contributed by atoms with van der Waals surface area (Å²) >= 11 is 0. The van der Waals surface area contributed by atoms with E-state index in [2.05, 4.69) is 5.32 Å². The SMILES string of the molecule is CCC(C)(C)NC(=O)C1(C)CCN(c2ccccc2)C1=O. The zero-order valence-electron chi connectivity index (χ0n) is 13.3. The fourth-order valence-corrected chi connectivity index (χ4v) is 2.44. The molecular weight excluding hydrogens is 264 g/mol. The van der Waals surface area contributed by atoms with Crippen LogP contribution in [0.2, 0.25) is 0 Å². The Bertz CT molecular complexity index is 539. The normalized spacial score (nSPS) is 22.5. The Morgan fingerprint density at radius 2 is 1.95 bits per heavy atom. The van der Waals surface area contributed by atoms with Gasteiger partial charge in [0.1, 0.15) is 5.41 Å². The van der Waals surface area contributed by atoms with Crippen molar-refractivity contribution in [2.75, 3.05) is 11.4 Å². The lowest BCUT2D eigenvalue weighted by Gasteiger charge is -2.30. The van der Waals surface area contributed by atoms with E-state index < -0.39 is 5.41 Å². The van der Waals surface area contributed by atoms with Gasteiger partial charge in [0.05, 0.1) is 0 Å². The molecule has 1 heterocycles. The molecule has 0 bridgehead atoms. The van der Waals surface area contributed by atoms with Gasteiger partial charge in [-0.05, 0) is 45.7 Å². The van der Waals surface area contributed by atoms with E-state index in [1.165, 1.54) is 0 Å². The average molecular weight is 288 g/mol. The predicted octanol–water partition coefficient (Wildman–Crippen LogP) is 2.73. The molecule has 4 nitrogen and oxygen atoms in total. The van der Waals surface area contributed by atoms with Gasteiger partial charge in [0.15, 0.2) is 0 Å². The average Bonchev–Trinajstić information content (AvgIpc) is 2.77. The van der Waals surface area contributed by atoms with Gasteiger partial charge < -0.3 is 10.2 Å². The Kier molecular flexibility index (Phi) is 4.08. The number of hydrogen-bond donors (Lipinski definition) is 1. The molecule has 1 aromatic carbocycles. The minimum Gasteiger partial charge on any atom is -0.350 e.